The summed E-state index contributed by atoms with van der Waals surface area (Å²) in [5, 5.41) is 15.3. The molecule has 150 valence electrons. The van der Waals surface area contributed by atoms with Gasteiger partial charge in [-0.05, 0) is 31.4 Å². The molecular weight excluding hydrogens is 404 g/mol. The monoisotopic (exact) mass is 426 g/mol. The number of rotatable bonds is 6. The summed E-state index contributed by atoms with van der Waals surface area (Å²) >= 11 is 10.3. The minimum atomic E-state index is -0.0116. The topological polar surface area (TPSA) is 89.9 Å². The van der Waals surface area contributed by atoms with Gasteiger partial charge in [0.15, 0.2) is 16.0 Å². The molecule has 2 rings (SSSR count). The average Bonchev–Trinajstić information content (AvgIpc) is 2.76. The number of carbonyl (C=O) groups is 1. The number of Topliss-reactive ketones (excluding diaryl/α,β-unsaturated/α-hetero) is 1. The van der Waals surface area contributed by atoms with E-state index in [1.165, 1.54) is 6.92 Å². The molecule has 0 amide bonds. The number of hydrogen-bond donors (Lipinski definition) is 4. The van der Waals surface area contributed by atoms with Gasteiger partial charge in [-0.3, -0.25) is 15.6 Å². The molecule has 0 saturated carbocycles. The van der Waals surface area contributed by atoms with E-state index in [4.69, 9.17) is 24.4 Å². The Morgan fingerprint density at radius 1 is 0.724 bits per heavy atom. The normalized spacial score (nSPS) is 11.4. The third kappa shape index (κ3) is 6.44. The third-order valence-corrected chi connectivity index (χ3v) is 4.42. The first-order valence-corrected chi connectivity index (χ1v) is 9.56. The second kappa shape index (κ2) is 11.0. The number of thiocarbonyl (C=S) groups is 2. The van der Waals surface area contributed by atoms with Crippen LogP contribution < -0.4 is 21.5 Å². The highest BCUT2D eigenvalue weighted by Gasteiger charge is 2.16. The number of hydrazone groups is 2. The van der Waals surface area contributed by atoms with Crippen LogP contribution in [0.5, 0.6) is 0 Å². The van der Waals surface area contributed by atoms with Crippen LogP contribution in [0.4, 0.5) is 0 Å². The zero-order valence-electron chi connectivity index (χ0n) is 16.3. The van der Waals surface area contributed by atoms with E-state index in [9.17, 15) is 4.79 Å². The first-order chi connectivity index (χ1) is 14.0. The molecule has 9 heteroatoms. The zero-order valence-corrected chi connectivity index (χ0v) is 17.9. The molecular formula is C20H22N6OS2. The number of nitrogens with one attached hydrogen (secondary N) is 4. The number of benzene rings is 2. The largest absolute Gasteiger partial charge is 0.364 e. The summed E-state index contributed by atoms with van der Waals surface area (Å²) in [6, 6.07) is 16.7. The average molecular weight is 427 g/mol. The van der Waals surface area contributed by atoms with E-state index in [-0.39, 0.29) is 5.78 Å². The lowest BCUT2D eigenvalue weighted by Gasteiger charge is -2.13. The van der Waals surface area contributed by atoms with Gasteiger partial charge in [-0.15, -0.1) is 0 Å². The van der Waals surface area contributed by atoms with Crippen LogP contribution in [-0.2, 0) is 0 Å². The Hall–Kier alpha value is -3.17. The Kier molecular flexibility index (Phi) is 8.38. The van der Waals surface area contributed by atoms with Crippen LogP contribution in [0.2, 0.25) is 0 Å². The van der Waals surface area contributed by atoms with E-state index < -0.39 is 0 Å². The number of carbonyl (C=O) groups excluding carboxylic acids is 1. The molecule has 4 N–H and O–H groups in total. The Morgan fingerprint density at radius 3 is 1.55 bits per heavy atom. The van der Waals surface area contributed by atoms with E-state index in [0.29, 0.717) is 27.2 Å². The Bertz CT molecular complexity index is 939. The molecule has 0 saturated heterocycles. The van der Waals surface area contributed by atoms with Crippen molar-refractivity contribution in [3.05, 3.63) is 71.3 Å². The molecule has 0 spiro atoms. The van der Waals surface area contributed by atoms with Gasteiger partial charge < -0.3 is 10.6 Å². The second-order valence-electron chi connectivity index (χ2n) is 5.80. The molecule has 0 aromatic heterocycles. The van der Waals surface area contributed by atoms with Crippen LogP contribution in [-0.4, -0.2) is 41.5 Å². The summed E-state index contributed by atoms with van der Waals surface area (Å²) in [6.07, 6.45) is 0. The maximum absolute atomic E-state index is 11.6. The van der Waals surface area contributed by atoms with Crippen molar-refractivity contribution in [1.82, 2.24) is 21.5 Å². The SMILES string of the molecule is CNC(=S)N/N=C(/C(=N/NC(=S)NC)c1ccc(C(C)=O)cc1)c1ccccc1. The van der Waals surface area contributed by atoms with Crippen LogP contribution in [0.3, 0.4) is 0 Å². The summed E-state index contributed by atoms with van der Waals surface area (Å²) in [5.74, 6) is -0.0116. The van der Waals surface area contributed by atoms with Gasteiger partial charge in [-0.2, -0.15) is 10.2 Å². The molecule has 2 aromatic carbocycles. The van der Waals surface area contributed by atoms with Crippen molar-refractivity contribution in [2.45, 2.75) is 6.92 Å². The predicted octanol–water partition coefficient (Wildman–Crippen LogP) is 2.19. The molecule has 0 atom stereocenters. The van der Waals surface area contributed by atoms with Crippen molar-refractivity contribution in [1.29, 1.82) is 0 Å². The summed E-state index contributed by atoms with van der Waals surface area (Å²) in [4.78, 5) is 11.6. The van der Waals surface area contributed by atoms with Gasteiger partial charge in [-0.1, -0.05) is 54.6 Å². The maximum atomic E-state index is 11.6. The van der Waals surface area contributed by atoms with Crippen LogP contribution >= 0.6 is 24.4 Å². The molecule has 0 aliphatic rings. The van der Waals surface area contributed by atoms with Gasteiger partial charge in [-0.25, -0.2) is 0 Å². The highest BCUT2D eigenvalue weighted by atomic mass is 32.1. The summed E-state index contributed by atoms with van der Waals surface area (Å²) < 4.78 is 0. The summed E-state index contributed by atoms with van der Waals surface area (Å²) in [5.41, 5.74) is 8.87. The molecule has 0 aliphatic heterocycles. The molecule has 0 fully saturated rings. The Labute approximate surface area is 180 Å². The van der Waals surface area contributed by atoms with E-state index in [1.54, 1.807) is 26.2 Å². The highest BCUT2D eigenvalue weighted by Crippen LogP contribution is 2.12. The molecule has 7 nitrogen and oxygen atoms in total. The van der Waals surface area contributed by atoms with Gasteiger partial charge in [0.1, 0.15) is 11.4 Å². The number of hydrogen-bond acceptors (Lipinski definition) is 5. The van der Waals surface area contributed by atoms with Crippen molar-refractivity contribution < 1.29 is 4.79 Å². The van der Waals surface area contributed by atoms with E-state index in [2.05, 4.69) is 31.7 Å². The van der Waals surface area contributed by atoms with Crippen LogP contribution in [0.1, 0.15) is 28.4 Å². The smallest absolute Gasteiger partial charge is 0.186 e. The highest BCUT2D eigenvalue weighted by molar-refractivity contribution is 7.80. The van der Waals surface area contributed by atoms with Crippen molar-refractivity contribution in [3.63, 3.8) is 0 Å². The quantitative estimate of drug-likeness (QED) is 0.244. The van der Waals surface area contributed by atoms with Crippen molar-refractivity contribution in [2.75, 3.05) is 14.1 Å². The molecule has 0 aliphatic carbocycles. The van der Waals surface area contributed by atoms with Gasteiger partial charge in [0.2, 0.25) is 0 Å². The fourth-order valence-corrected chi connectivity index (χ4v) is 2.38. The second-order valence-corrected chi connectivity index (χ2v) is 6.62. The molecule has 29 heavy (non-hydrogen) atoms. The van der Waals surface area contributed by atoms with E-state index in [1.807, 2.05) is 42.5 Å². The fourth-order valence-electron chi connectivity index (χ4n) is 2.29. The number of ketones is 1. The van der Waals surface area contributed by atoms with Crippen LogP contribution in [0, 0.1) is 0 Å². The van der Waals surface area contributed by atoms with E-state index >= 15 is 0 Å². The Morgan fingerprint density at radius 2 is 1.14 bits per heavy atom. The molecule has 2 aromatic rings. The summed E-state index contributed by atoms with van der Waals surface area (Å²) in [6.45, 7) is 1.52. The lowest BCUT2D eigenvalue weighted by molar-refractivity contribution is 0.101. The maximum Gasteiger partial charge on any atom is 0.186 e. The van der Waals surface area contributed by atoms with Crippen molar-refractivity contribution >= 4 is 51.9 Å². The van der Waals surface area contributed by atoms with Gasteiger partial charge >= 0.3 is 0 Å². The van der Waals surface area contributed by atoms with Gasteiger partial charge in [0.05, 0.1) is 0 Å². The number of nitrogens with zero attached hydrogens (tertiary/aromatic N) is 2. The molecule has 0 heterocycles. The predicted molar refractivity (Wildman–Crippen MR) is 126 cm³/mol. The first-order valence-electron chi connectivity index (χ1n) is 8.74. The lowest BCUT2D eigenvalue weighted by atomic mass is 9.98. The third-order valence-electron chi connectivity index (χ3n) is 3.83. The Balaban J connectivity index is 2.58. The van der Waals surface area contributed by atoms with E-state index in [0.717, 1.165) is 11.1 Å². The zero-order chi connectivity index (χ0) is 21.2. The van der Waals surface area contributed by atoms with Crippen molar-refractivity contribution in [2.24, 2.45) is 10.2 Å². The van der Waals surface area contributed by atoms with Gasteiger partial charge in [0.25, 0.3) is 0 Å². The molecule has 0 unspecified atom stereocenters. The fraction of sp³-hybridized carbons (Fsp3) is 0.150. The minimum Gasteiger partial charge on any atom is -0.364 e. The van der Waals surface area contributed by atoms with Crippen LogP contribution in [0.25, 0.3) is 0 Å². The standard InChI is InChI=1S/C20H22N6OS2/c1-13(27)14-9-11-16(12-10-14)18(24-26-20(29)22-3)17(23-25-19(28)21-2)15-7-5-4-6-8-15/h4-12H,1-3H3,(H2,21,25,28)(H2,22,26,29)/b23-17+,24-18+. The molecule has 0 bridgehead atoms. The van der Waals surface area contributed by atoms with Crippen LogP contribution in [0.15, 0.2) is 64.8 Å². The first kappa shape index (κ1) is 22.1. The lowest BCUT2D eigenvalue weighted by Crippen LogP contribution is -2.33. The van der Waals surface area contributed by atoms with Gasteiger partial charge in [0, 0.05) is 30.8 Å². The minimum absolute atomic E-state index is 0.0116. The summed E-state index contributed by atoms with van der Waals surface area (Å²) in [7, 11) is 3.40. The molecule has 0 radical (unpaired) electrons. The van der Waals surface area contributed by atoms with Crippen molar-refractivity contribution in [3.8, 4) is 0 Å².